The van der Waals surface area contributed by atoms with Crippen LogP contribution >= 0.6 is 0 Å². The second-order valence-electron chi connectivity index (χ2n) is 6.48. The van der Waals surface area contributed by atoms with E-state index >= 15 is 0 Å². The first kappa shape index (κ1) is 14.9. The lowest BCUT2D eigenvalue weighted by atomic mass is 9.71. The second kappa shape index (κ2) is 5.86. The second-order valence-corrected chi connectivity index (χ2v) is 6.48. The Kier molecular flexibility index (Phi) is 4.36. The Bertz CT molecular complexity index is 466. The van der Waals surface area contributed by atoms with E-state index in [2.05, 4.69) is 19.2 Å². The third kappa shape index (κ3) is 3.14. The SMILES string of the molecule is Cc1ccc(NC2(C(=O)O)CCCC(C(C)C)C2)cc1. The summed E-state index contributed by atoms with van der Waals surface area (Å²) in [7, 11) is 0. The quantitative estimate of drug-likeness (QED) is 0.870. The van der Waals surface area contributed by atoms with Crippen LogP contribution < -0.4 is 5.32 Å². The smallest absolute Gasteiger partial charge is 0.329 e. The Morgan fingerprint density at radius 1 is 1.35 bits per heavy atom. The van der Waals surface area contributed by atoms with Crippen LogP contribution in [-0.2, 0) is 4.79 Å². The van der Waals surface area contributed by atoms with Crippen molar-refractivity contribution in [2.45, 2.75) is 52.0 Å². The van der Waals surface area contributed by atoms with Gasteiger partial charge in [-0.3, -0.25) is 0 Å². The number of carboxylic acid groups (broad SMARTS) is 1. The molecule has 0 heterocycles. The molecule has 1 aromatic rings. The minimum Gasteiger partial charge on any atom is -0.480 e. The number of aliphatic carboxylic acids is 1. The first-order valence-electron chi connectivity index (χ1n) is 7.51. The molecule has 2 atom stereocenters. The van der Waals surface area contributed by atoms with E-state index in [1.54, 1.807) is 0 Å². The average molecular weight is 275 g/mol. The Morgan fingerprint density at radius 2 is 2.00 bits per heavy atom. The number of carbonyl (C=O) groups is 1. The molecule has 1 aromatic carbocycles. The molecule has 0 aromatic heterocycles. The van der Waals surface area contributed by atoms with Gasteiger partial charge in [-0.25, -0.2) is 4.79 Å². The fourth-order valence-electron chi connectivity index (χ4n) is 3.16. The Balaban J connectivity index is 2.21. The lowest BCUT2D eigenvalue weighted by Gasteiger charge is -2.40. The van der Waals surface area contributed by atoms with Crippen molar-refractivity contribution >= 4 is 11.7 Å². The van der Waals surface area contributed by atoms with Crippen molar-refractivity contribution in [1.29, 1.82) is 0 Å². The van der Waals surface area contributed by atoms with Crippen LogP contribution in [0.2, 0.25) is 0 Å². The van der Waals surface area contributed by atoms with E-state index in [4.69, 9.17) is 0 Å². The highest BCUT2D eigenvalue weighted by Gasteiger charge is 2.43. The summed E-state index contributed by atoms with van der Waals surface area (Å²) in [6, 6.07) is 7.97. The van der Waals surface area contributed by atoms with E-state index in [0.717, 1.165) is 18.5 Å². The molecule has 20 heavy (non-hydrogen) atoms. The van der Waals surface area contributed by atoms with Gasteiger partial charge < -0.3 is 10.4 Å². The molecule has 2 rings (SSSR count). The van der Waals surface area contributed by atoms with Crippen molar-refractivity contribution in [2.75, 3.05) is 5.32 Å². The van der Waals surface area contributed by atoms with Crippen LogP contribution in [0.4, 0.5) is 5.69 Å². The predicted octanol–water partition coefficient (Wildman–Crippen LogP) is 4.08. The molecule has 0 bridgehead atoms. The molecule has 2 N–H and O–H groups in total. The maximum Gasteiger partial charge on any atom is 0.329 e. The molecule has 2 unspecified atom stereocenters. The molecule has 3 heteroatoms. The standard InChI is InChI=1S/C17H25NO2/c1-12(2)14-5-4-10-17(11-14,16(19)20)18-15-8-6-13(3)7-9-15/h6-9,12,14,18H,4-5,10-11H2,1-3H3,(H,19,20). The first-order valence-corrected chi connectivity index (χ1v) is 7.51. The van der Waals surface area contributed by atoms with Crippen LogP contribution in [-0.4, -0.2) is 16.6 Å². The lowest BCUT2D eigenvalue weighted by Crippen LogP contribution is -2.50. The molecule has 3 nitrogen and oxygen atoms in total. The van der Waals surface area contributed by atoms with Crippen LogP contribution in [0, 0.1) is 18.8 Å². The van der Waals surface area contributed by atoms with Gasteiger partial charge in [0, 0.05) is 5.69 Å². The van der Waals surface area contributed by atoms with Crippen molar-refractivity contribution in [1.82, 2.24) is 0 Å². The van der Waals surface area contributed by atoms with Gasteiger partial charge in [0.15, 0.2) is 0 Å². The Hall–Kier alpha value is -1.51. The number of nitrogens with one attached hydrogen (secondary N) is 1. The van der Waals surface area contributed by atoms with Gasteiger partial charge in [0.05, 0.1) is 0 Å². The summed E-state index contributed by atoms with van der Waals surface area (Å²) in [6.07, 6.45) is 3.55. The Labute approximate surface area is 121 Å². The van der Waals surface area contributed by atoms with Crippen molar-refractivity contribution in [3.8, 4) is 0 Å². The molecule has 1 saturated carbocycles. The maximum absolute atomic E-state index is 11.9. The van der Waals surface area contributed by atoms with E-state index < -0.39 is 11.5 Å². The third-order valence-corrected chi connectivity index (χ3v) is 4.58. The van der Waals surface area contributed by atoms with Crippen LogP contribution in [0.3, 0.4) is 0 Å². The number of rotatable bonds is 4. The van der Waals surface area contributed by atoms with Crippen molar-refractivity contribution < 1.29 is 9.90 Å². The van der Waals surface area contributed by atoms with Crippen molar-refractivity contribution in [2.24, 2.45) is 11.8 Å². The van der Waals surface area contributed by atoms with E-state index in [1.165, 1.54) is 5.56 Å². The minimum atomic E-state index is -0.803. The largest absolute Gasteiger partial charge is 0.480 e. The average Bonchev–Trinajstić information content (AvgIpc) is 2.41. The fourth-order valence-corrected chi connectivity index (χ4v) is 3.16. The van der Waals surface area contributed by atoms with Crippen molar-refractivity contribution in [3.63, 3.8) is 0 Å². The van der Waals surface area contributed by atoms with E-state index in [1.807, 2.05) is 31.2 Å². The van der Waals surface area contributed by atoms with Gasteiger partial charge in [-0.1, -0.05) is 38.0 Å². The number of aryl methyl sites for hydroxylation is 1. The zero-order chi connectivity index (χ0) is 14.8. The summed E-state index contributed by atoms with van der Waals surface area (Å²) in [5.74, 6) is 0.301. The molecule has 1 fully saturated rings. The molecule has 0 radical (unpaired) electrons. The predicted molar refractivity (Wildman–Crippen MR) is 82.0 cm³/mol. The Morgan fingerprint density at radius 3 is 2.55 bits per heavy atom. The van der Waals surface area contributed by atoms with Gasteiger partial charge in [-0.05, 0) is 50.2 Å². The number of anilines is 1. The summed E-state index contributed by atoms with van der Waals surface area (Å²) in [4.78, 5) is 11.9. The third-order valence-electron chi connectivity index (χ3n) is 4.58. The van der Waals surface area contributed by atoms with Gasteiger partial charge in [0.1, 0.15) is 5.54 Å². The highest BCUT2D eigenvalue weighted by molar-refractivity contribution is 5.83. The van der Waals surface area contributed by atoms with Gasteiger partial charge in [-0.2, -0.15) is 0 Å². The van der Waals surface area contributed by atoms with Crippen LogP contribution in [0.1, 0.15) is 45.1 Å². The van der Waals surface area contributed by atoms with Gasteiger partial charge in [-0.15, -0.1) is 0 Å². The fraction of sp³-hybridized carbons (Fsp3) is 0.588. The van der Waals surface area contributed by atoms with Gasteiger partial charge in [0.2, 0.25) is 0 Å². The van der Waals surface area contributed by atoms with E-state index in [0.29, 0.717) is 24.7 Å². The number of hydrogen-bond acceptors (Lipinski definition) is 2. The van der Waals surface area contributed by atoms with Gasteiger partial charge in [0.25, 0.3) is 0 Å². The monoisotopic (exact) mass is 275 g/mol. The highest BCUT2D eigenvalue weighted by atomic mass is 16.4. The summed E-state index contributed by atoms with van der Waals surface area (Å²) in [5.41, 5.74) is 1.29. The summed E-state index contributed by atoms with van der Waals surface area (Å²) in [5, 5.41) is 13.0. The molecular weight excluding hydrogens is 250 g/mol. The molecule has 0 saturated heterocycles. The molecule has 1 aliphatic carbocycles. The minimum absolute atomic E-state index is 0.484. The normalized spacial score (nSPS) is 26.5. The van der Waals surface area contributed by atoms with Crippen LogP contribution in [0.25, 0.3) is 0 Å². The molecular formula is C17H25NO2. The molecule has 1 aliphatic rings. The molecule has 110 valence electrons. The van der Waals surface area contributed by atoms with E-state index in [-0.39, 0.29) is 0 Å². The van der Waals surface area contributed by atoms with Crippen LogP contribution in [0.15, 0.2) is 24.3 Å². The zero-order valence-corrected chi connectivity index (χ0v) is 12.6. The lowest BCUT2D eigenvalue weighted by molar-refractivity contribution is -0.144. The van der Waals surface area contributed by atoms with Crippen LogP contribution in [0.5, 0.6) is 0 Å². The number of benzene rings is 1. The van der Waals surface area contributed by atoms with E-state index in [9.17, 15) is 9.90 Å². The zero-order valence-electron chi connectivity index (χ0n) is 12.6. The van der Waals surface area contributed by atoms with Gasteiger partial charge >= 0.3 is 5.97 Å². The summed E-state index contributed by atoms with van der Waals surface area (Å²) < 4.78 is 0. The number of carboxylic acids is 1. The molecule has 0 spiro atoms. The maximum atomic E-state index is 11.9. The first-order chi connectivity index (χ1) is 9.43. The topological polar surface area (TPSA) is 49.3 Å². The summed E-state index contributed by atoms with van der Waals surface area (Å²) >= 11 is 0. The molecule has 0 amide bonds. The number of hydrogen-bond donors (Lipinski definition) is 2. The van der Waals surface area contributed by atoms with Crippen molar-refractivity contribution in [3.05, 3.63) is 29.8 Å². The molecule has 0 aliphatic heterocycles. The highest BCUT2D eigenvalue weighted by Crippen LogP contribution is 2.38. The summed E-state index contributed by atoms with van der Waals surface area (Å²) in [6.45, 7) is 6.41.